The summed E-state index contributed by atoms with van der Waals surface area (Å²) < 4.78 is 5.82. The zero-order valence-electron chi connectivity index (χ0n) is 10.0. The predicted molar refractivity (Wildman–Crippen MR) is 55.1 cm³/mol. The lowest BCUT2D eigenvalue weighted by molar-refractivity contribution is -0.154. The van der Waals surface area contributed by atoms with Crippen LogP contribution in [0.2, 0.25) is 0 Å². The van der Waals surface area contributed by atoms with Gasteiger partial charge in [0.15, 0.2) is 0 Å². The van der Waals surface area contributed by atoms with E-state index in [9.17, 15) is 10.2 Å². The highest BCUT2D eigenvalue weighted by Crippen LogP contribution is 2.56. The molecule has 0 unspecified atom stereocenters. The predicted octanol–water partition coefficient (Wildman–Crippen LogP) is 1.32. The summed E-state index contributed by atoms with van der Waals surface area (Å²) in [5.74, 6) is 0. The summed E-state index contributed by atoms with van der Waals surface area (Å²) >= 11 is 0. The SMILES string of the molecule is CC1(C)O[C@](C)(CO)[C@](C)(O)C1(C)C. The van der Waals surface area contributed by atoms with Crippen LogP contribution in [0.3, 0.4) is 0 Å². The molecule has 1 aliphatic heterocycles. The first-order valence-corrected chi connectivity index (χ1v) is 5.05. The Morgan fingerprint density at radius 3 is 1.57 bits per heavy atom. The largest absolute Gasteiger partial charge is 0.393 e. The summed E-state index contributed by atoms with van der Waals surface area (Å²) in [7, 11) is 0. The summed E-state index contributed by atoms with van der Waals surface area (Å²) in [4.78, 5) is 0. The van der Waals surface area contributed by atoms with Crippen LogP contribution in [0.25, 0.3) is 0 Å². The lowest BCUT2D eigenvalue weighted by Crippen LogP contribution is -2.56. The van der Waals surface area contributed by atoms with Gasteiger partial charge in [-0.1, -0.05) is 13.8 Å². The van der Waals surface area contributed by atoms with Crippen LogP contribution < -0.4 is 0 Å². The highest BCUT2D eigenvalue weighted by atomic mass is 16.6. The first-order chi connectivity index (χ1) is 6.02. The zero-order valence-corrected chi connectivity index (χ0v) is 10.0. The number of hydrogen-bond acceptors (Lipinski definition) is 3. The van der Waals surface area contributed by atoms with Crippen molar-refractivity contribution in [1.29, 1.82) is 0 Å². The molecule has 0 spiro atoms. The van der Waals surface area contributed by atoms with Crippen LogP contribution >= 0.6 is 0 Å². The van der Waals surface area contributed by atoms with E-state index < -0.39 is 22.2 Å². The third kappa shape index (κ3) is 1.09. The fourth-order valence-electron chi connectivity index (χ4n) is 2.22. The lowest BCUT2D eigenvalue weighted by Gasteiger charge is -2.42. The quantitative estimate of drug-likeness (QED) is 0.674. The second-order valence-electron chi connectivity index (χ2n) is 5.70. The van der Waals surface area contributed by atoms with E-state index in [0.717, 1.165) is 0 Å². The number of aliphatic hydroxyl groups excluding tert-OH is 1. The van der Waals surface area contributed by atoms with Crippen LogP contribution in [0, 0.1) is 5.41 Å². The Kier molecular flexibility index (Phi) is 2.32. The van der Waals surface area contributed by atoms with Gasteiger partial charge in [-0.3, -0.25) is 0 Å². The molecule has 84 valence electrons. The number of rotatable bonds is 1. The highest BCUT2D eigenvalue weighted by Gasteiger charge is 2.67. The summed E-state index contributed by atoms with van der Waals surface area (Å²) in [5.41, 5.74) is -2.79. The molecule has 1 fully saturated rings. The Morgan fingerprint density at radius 2 is 1.43 bits per heavy atom. The van der Waals surface area contributed by atoms with Crippen LogP contribution in [0.1, 0.15) is 41.5 Å². The van der Waals surface area contributed by atoms with Gasteiger partial charge in [0, 0.05) is 5.41 Å². The minimum atomic E-state index is -1.04. The lowest BCUT2D eigenvalue weighted by atomic mass is 9.64. The van der Waals surface area contributed by atoms with Crippen molar-refractivity contribution in [3.05, 3.63) is 0 Å². The van der Waals surface area contributed by atoms with Crippen molar-refractivity contribution in [2.45, 2.75) is 58.3 Å². The molecule has 2 atom stereocenters. The normalized spacial score (nSPS) is 45.4. The maximum atomic E-state index is 10.5. The van der Waals surface area contributed by atoms with Gasteiger partial charge in [0.25, 0.3) is 0 Å². The maximum Gasteiger partial charge on any atom is 0.118 e. The third-order valence-corrected chi connectivity index (χ3v) is 4.53. The van der Waals surface area contributed by atoms with Gasteiger partial charge >= 0.3 is 0 Å². The van der Waals surface area contributed by atoms with Gasteiger partial charge in [0.1, 0.15) is 11.2 Å². The summed E-state index contributed by atoms with van der Waals surface area (Å²) in [6.07, 6.45) is 0. The van der Waals surface area contributed by atoms with E-state index >= 15 is 0 Å². The van der Waals surface area contributed by atoms with Crippen molar-refractivity contribution in [1.82, 2.24) is 0 Å². The molecule has 0 bridgehead atoms. The molecule has 0 amide bonds. The molecule has 1 rings (SSSR count). The van der Waals surface area contributed by atoms with E-state index in [1.807, 2.05) is 27.7 Å². The second-order valence-corrected chi connectivity index (χ2v) is 5.70. The van der Waals surface area contributed by atoms with Crippen LogP contribution in [-0.2, 0) is 4.74 Å². The minimum absolute atomic E-state index is 0.174. The number of ether oxygens (including phenoxy) is 1. The van der Waals surface area contributed by atoms with Gasteiger partial charge < -0.3 is 14.9 Å². The summed E-state index contributed by atoms with van der Waals surface area (Å²) in [6, 6.07) is 0. The van der Waals surface area contributed by atoms with Gasteiger partial charge in [-0.25, -0.2) is 0 Å². The monoisotopic (exact) mass is 202 g/mol. The molecule has 0 aliphatic carbocycles. The van der Waals surface area contributed by atoms with E-state index in [2.05, 4.69) is 0 Å². The zero-order chi connectivity index (χ0) is 11.4. The molecule has 0 aromatic rings. The van der Waals surface area contributed by atoms with Crippen LogP contribution in [0.15, 0.2) is 0 Å². The molecule has 2 N–H and O–H groups in total. The van der Waals surface area contributed by atoms with Gasteiger partial charge in [-0.2, -0.15) is 0 Å². The van der Waals surface area contributed by atoms with E-state index in [-0.39, 0.29) is 6.61 Å². The molecule has 1 heterocycles. The minimum Gasteiger partial charge on any atom is -0.393 e. The molecule has 1 aliphatic rings. The van der Waals surface area contributed by atoms with Crippen LogP contribution in [0.5, 0.6) is 0 Å². The molecule has 3 heteroatoms. The van der Waals surface area contributed by atoms with Crippen LogP contribution in [0.4, 0.5) is 0 Å². The smallest absolute Gasteiger partial charge is 0.118 e. The van der Waals surface area contributed by atoms with Crippen LogP contribution in [-0.4, -0.2) is 33.6 Å². The molecule has 1 saturated heterocycles. The number of aliphatic hydroxyl groups is 2. The molecule has 14 heavy (non-hydrogen) atoms. The first kappa shape index (κ1) is 12.0. The average Bonchev–Trinajstić information content (AvgIpc) is 2.09. The Labute approximate surface area is 86.1 Å². The second kappa shape index (κ2) is 2.71. The molecule has 0 aromatic heterocycles. The average molecular weight is 202 g/mol. The van der Waals surface area contributed by atoms with Gasteiger partial charge in [-0.05, 0) is 27.7 Å². The van der Waals surface area contributed by atoms with Crippen molar-refractivity contribution < 1.29 is 14.9 Å². The Balaban J connectivity index is 3.25. The van der Waals surface area contributed by atoms with E-state index in [4.69, 9.17) is 4.74 Å². The molecular weight excluding hydrogens is 180 g/mol. The molecule has 0 radical (unpaired) electrons. The van der Waals surface area contributed by atoms with Crippen molar-refractivity contribution in [2.24, 2.45) is 5.41 Å². The Bertz CT molecular complexity index is 243. The fourth-order valence-corrected chi connectivity index (χ4v) is 2.22. The van der Waals surface area contributed by atoms with Gasteiger partial charge in [0.05, 0.1) is 12.2 Å². The van der Waals surface area contributed by atoms with E-state index in [1.54, 1.807) is 13.8 Å². The highest BCUT2D eigenvalue weighted by molar-refractivity contribution is 5.16. The third-order valence-electron chi connectivity index (χ3n) is 4.53. The van der Waals surface area contributed by atoms with Crippen molar-refractivity contribution >= 4 is 0 Å². The standard InChI is InChI=1S/C11H22O3/c1-8(2)9(3,4)14-10(5,7-12)11(8,6)13/h12-13H,7H2,1-6H3/t10-,11-/m1/s1. The molecule has 0 aromatic carbocycles. The van der Waals surface area contributed by atoms with Crippen molar-refractivity contribution in [2.75, 3.05) is 6.61 Å². The first-order valence-electron chi connectivity index (χ1n) is 5.05. The molecular formula is C11H22O3. The Hall–Kier alpha value is -0.120. The van der Waals surface area contributed by atoms with E-state index in [0.29, 0.717) is 0 Å². The Morgan fingerprint density at radius 1 is 1.00 bits per heavy atom. The maximum absolute atomic E-state index is 10.5. The van der Waals surface area contributed by atoms with E-state index in [1.165, 1.54) is 0 Å². The fraction of sp³-hybridized carbons (Fsp3) is 1.00. The van der Waals surface area contributed by atoms with Crippen molar-refractivity contribution in [3.8, 4) is 0 Å². The van der Waals surface area contributed by atoms with Gasteiger partial charge in [-0.15, -0.1) is 0 Å². The number of hydrogen-bond donors (Lipinski definition) is 2. The summed E-state index contributed by atoms with van der Waals surface area (Å²) in [5, 5.41) is 19.8. The molecule has 3 nitrogen and oxygen atoms in total. The van der Waals surface area contributed by atoms with Crippen molar-refractivity contribution in [3.63, 3.8) is 0 Å². The molecule has 0 saturated carbocycles. The summed E-state index contributed by atoms with van der Waals surface area (Å²) in [6.45, 7) is 11.1. The topological polar surface area (TPSA) is 49.7 Å². The van der Waals surface area contributed by atoms with Gasteiger partial charge in [0.2, 0.25) is 0 Å².